The van der Waals surface area contributed by atoms with Crippen LogP contribution in [-0.4, -0.2) is 32.8 Å². The minimum Gasteiger partial charge on any atom is -0.493 e. The average molecular weight is 350 g/mol. The predicted octanol–water partition coefficient (Wildman–Crippen LogP) is 2.63. The quantitative estimate of drug-likeness (QED) is 0.854. The SMILES string of the molecule is COc1cccc2c1O[C@H](Cc1cc(C)ccc1S(=O)(=O)O)CO2. The van der Waals surface area contributed by atoms with Crippen LogP contribution < -0.4 is 14.2 Å². The Morgan fingerprint density at radius 1 is 1.29 bits per heavy atom. The maximum atomic E-state index is 11.6. The Balaban J connectivity index is 1.90. The third kappa shape index (κ3) is 3.32. The monoisotopic (exact) mass is 350 g/mol. The van der Waals surface area contributed by atoms with Crippen LogP contribution in [0.15, 0.2) is 41.3 Å². The van der Waals surface area contributed by atoms with Gasteiger partial charge in [0, 0.05) is 6.42 Å². The first-order chi connectivity index (χ1) is 11.4. The van der Waals surface area contributed by atoms with E-state index in [9.17, 15) is 13.0 Å². The van der Waals surface area contributed by atoms with Crippen LogP contribution in [0.1, 0.15) is 11.1 Å². The van der Waals surface area contributed by atoms with Gasteiger partial charge in [-0.05, 0) is 30.7 Å². The van der Waals surface area contributed by atoms with Gasteiger partial charge in [-0.1, -0.05) is 23.8 Å². The molecular weight excluding hydrogens is 332 g/mol. The van der Waals surface area contributed by atoms with Gasteiger partial charge in [0.1, 0.15) is 12.7 Å². The average Bonchev–Trinajstić information content (AvgIpc) is 2.53. The highest BCUT2D eigenvalue weighted by Gasteiger charge is 2.26. The second kappa shape index (κ2) is 6.33. The molecule has 1 aliphatic rings. The van der Waals surface area contributed by atoms with Crippen LogP contribution in [0.3, 0.4) is 0 Å². The van der Waals surface area contributed by atoms with Crippen molar-refractivity contribution in [2.24, 2.45) is 0 Å². The molecule has 0 aliphatic carbocycles. The Morgan fingerprint density at radius 3 is 2.79 bits per heavy atom. The zero-order valence-electron chi connectivity index (χ0n) is 13.4. The minimum absolute atomic E-state index is 0.109. The van der Waals surface area contributed by atoms with E-state index >= 15 is 0 Å². The second-order valence-electron chi connectivity index (χ2n) is 5.63. The Kier molecular flexibility index (Phi) is 4.38. The molecule has 0 saturated heterocycles. The standard InChI is InChI=1S/C17H18O6S/c1-11-6-7-16(24(18,19)20)12(8-11)9-13-10-22-15-5-3-4-14(21-2)17(15)23-13/h3-8,13H,9-10H2,1-2H3,(H,18,19,20)/t13-/m1/s1. The van der Waals surface area contributed by atoms with Crippen LogP contribution in [0.2, 0.25) is 0 Å². The van der Waals surface area contributed by atoms with E-state index in [4.69, 9.17) is 14.2 Å². The summed E-state index contributed by atoms with van der Waals surface area (Å²) in [6, 6.07) is 10.1. The summed E-state index contributed by atoms with van der Waals surface area (Å²) in [7, 11) is -2.75. The molecule has 0 amide bonds. The highest BCUT2D eigenvalue weighted by molar-refractivity contribution is 7.85. The van der Waals surface area contributed by atoms with Crippen LogP contribution >= 0.6 is 0 Å². The highest BCUT2D eigenvalue weighted by atomic mass is 32.2. The van der Waals surface area contributed by atoms with Gasteiger partial charge in [-0.25, -0.2) is 0 Å². The van der Waals surface area contributed by atoms with Crippen LogP contribution in [0.5, 0.6) is 17.2 Å². The van der Waals surface area contributed by atoms with Crippen molar-refractivity contribution >= 4 is 10.1 Å². The van der Waals surface area contributed by atoms with Crippen molar-refractivity contribution in [3.8, 4) is 17.2 Å². The molecule has 0 fully saturated rings. The Morgan fingerprint density at radius 2 is 2.08 bits per heavy atom. The van der Waals surface area contributed by atoms with Gasteiger partial charge < -0.3 is 14.2 Å². The second-order valence-corrected chi connectivity index (χ2v) is 7.02. The van der Waals surface area contributed by atoms with Gasteiger partial charge in [-0.2, -0.15) is 8.42 Å². The fraction of sp³-hybridized carbons (Fsp3) is 0.294. The molecule has 1 N–H and O–H groups in total. The topological polar surface area (TPSA) is 82.1 Å². The summed E-state index contributed by atoms with van der Waals surface area (Å²) in [5.41, 5.74) is 1.39. The molecule has 1 aliphatic heterocycles. The fourth-order valence-corrected chi connectivity index (χ4v) is 3.45. The number of hydrogen-bond acceptors (Lipinski definition) is 5. The summed E-state index contributed by atoms with van der Waals surface area (Å²) in [5, 5.41) is 0. The first kappa shape index (κ1) is 16.6. The molecule has 7 heteroatoms. The molecule has 3 rings (SSSR count). The Labute approximate surface area is 140 Å². The molecule has 1 heterocycles. The molecule has 6 nitrogen and oxygen atoms in total. The van der Waals surface area contributed by atoms with E-state index < -0.39 is 16.2 Å². The van der Waals surface area contributed by atoms with Crippen molar-refractivity contribution in [1.29, 1.82) is 0 Å². The maximum Gasteiger partial charge on any atom is 0.294 e. The van der Waals surface area contributed by atoms with Gasteiger partial charge in [-0.15, -0.1) is 0 Å². The number of aryl methyl sites for hydroxylation is 1. The lowest BCUT2D eigenvalue weighted by Crippen LogP contribution is -2.31. The largest absolute Gasteiger partial charge is 0.493 e. The van der Waals surface area contributed by atoms with Gasteiger partial charge >= 0.3 is 0 Å². The number of benzene rings is 2. The highest BCUT2D eigenvalue weighted by Crippen LogP contribution is 2.40. The van der Waals surface area contributed by atoms with E-state index in [-0.39, 0.29) is 17.9 Å². The van der Waals surface area contributed by atoms with Crippen LogP contribution in [0.25, 0.3) is 0 Å². The lowest BCUT2D eigenvalue weighted by molar-refractivity contribution is 0.0868. The molecule has 0 saturated carbocycles. The zero-order chi connectivity index (χ0) is 17.3. The Hall–Kier alpha value is -2.25. The van der Waals surface area contributed by atoms with Crippen molar-refractivity contribution in [1.82, 2.24) is 0 Å². The number of para-hydroxylation sites is 1. The van der Waals surface area contributed by atoms with Crippen LogP contribution in [-0.2, 0) is 16.5 Å². The van der Waals surface area contributed by atoms with E-state index in [1.165, 1.54) is 6.07 Å². The summed E-state index contributed by atoms with van der Waals surface area (Å²) >= 11 is 0. The van der Waals surface area contributed by atoms with Crippen LogP contribution in [0.4, 0.5) is 0 Å². The molecule has 0 spiro atoms. The molecule has 2 aromatic carbocycles. The van der Waals surface area contributed by atoms with Gasteiger partial charge in [-0.3, -0.25) is 4.55 Å². The number of ether oxygens (including phenoxy) is 3. The molecule has 24 heavy (non-hydrogen) atoms. The number of rotatable bonds is 4. The van der Waals surface area contributed by atoms with Crippen molar-refractivity contribution < 1.29 is 27.2 Å². The maximum absolute atomic E-state index is 11.6. The van der Waals surface area contributed by atoms with Crippen molar-refractivity contribution in [2.45, 2.75) is 24.3 Å². The van der Waals surface area contributed by atoms with Crippen molar-refractivity contribution in [2.75, 3.05) is 13.7 Å². The zero-order valence-corrected chi connectivity index (χ0v) is 14.2. The molecule has 0 bridgehead atoms. The summed E-state index contributed by atoms with van der Waals surface area (Å²) in [5.74, 6) is 1.64. The third-order valence-corrected chi connectivity index (χ3v) is 4.77. The number of hydrogen-bond donors (Lipinski definition) is 1. The molecule has 2 aromatic rings. The van der Waals surface area contributed by atoms with Gasteiger partial charge in [0.2, 0.25) is 5.75 Å². The first-order valence-corrected chi connectivity index (χ1v) is 8.86. The molecule has 0 radical (unpaired) electrons. The summed E-state index contributed by atoms with van der Waals surface area (Å²) in [6.45, 7) is 2.13. The molecule has 0 unspecified atom stereocenters. The van der Waals surface area contributed by atoms with Gasteiger partial charge in [0.15, 0.2) is 11.5 Å². The summed E-state index contributed by atoms with van der Waals surface area (Å²) in [4.78, 5) is -0.109. The van der Waals surface area contributed by atoms with Gasteiger partial charge in [0.25, 0.3) is 10.1 Å². The van der Waals surface area contributed by atoms with E-state index in [1.54, 1.807) is 37.4 Å². The number of methoxy groups -OCH3 is 1. The first-order valence-electron chi connectivity index (χ1n) is 7.42. The van der Waals surface area contributed by atoms with E-state index in [0.29, 0.717) is 22.8 Å². The van der Waals surface area contributed by atoms with Crippen molar-refractivity contribution in [3.05, 3.63) is 47.5 Å². The molecule has 1 atom stereocenters. The lowest BCUT2D eigenvalue weighted by atomic mass is 10.0. The third-order valence-electron chi connectivity index (χ3n) is 3.81. The fourth-order valence-electron chi connectivity index (χ4n) is 2.73. The van der Waals surface area contributed by atoms with E-state index in [2.05, 4.69) is 0 Å². The Bertz CT molecular complexity index is 845. The lowest BCUT2D eigenvalue weighted by Gasteiger charge is -2.28. The van der Waals surface area contributed by atoms with Crippen molar-refractivity contribution in [3.63, 3.8) is 0 Å². The van der Waals surface area contributed by atoms with E-state index in [1.807, 2.05) is 6.92 Å². The summed E-state index contributed by atoms with van der Waals surface area (Å²) in [6.07, 6.45) is -0.106. The number of fused-ring (bicyclic) bond motifs is 1. The molecular formula is C17H18O6S. The smallest absolute Gasteiger partial charge is 0.294 e. The normalized spacial score (nSPS) is 16.7. The predicted molar refractivity (Wildman–Crippen MR) is 87.6 cm³/mol. The minimum atomic E-state index is -4.30. The van der Waals surface area contributed by atoms with Gasteiger partial charge in [0.05, 0.1) is 12.0 Å². The molecule has 0 aromatic heterocycles. The molecule has 128 valence electrons. The van der Waals surface area contributed by atoms with Crippen LogP contribution in [0, 0.1) is 6.92 Å². The summed E-state index contributed by atoms with van der Waals surface area (Å²) < 4.78 is 49.4. The van der Waals surface area contributed by atoms with E-state index in [0.717, 1.165) is 5.56 Å².